The van der Waals surface area contributed by atoms with Crippen molar-refractivity contribution in [3.63, 3.8) is 0 Å². The van der Waals surface area contributed by atoms with Crippen LogP contribution in [0.4, 0.5) is 11.9 Å². The summed E-state index contributed by atoms with van der Waals surface area (Å²) in [6.45, 7) is 0. The van der Waals surface area contributed by atoms with Crippen molar-refractivity contribution in [2.75, 3.05) is 17.7 Å². The number of benzene rings is 2. The molecule has 9 heteroatoms. The molecule has 2 amide bonds. The fourth-order valence-electron chi connectivity index (χ4n) is 3.18. The van der Waals surface area contributed by atoms with Crippen LogP contribution in [0.3, 0.4) is 0 Å². The van der Waals surface area contributed by atoms with E-state index in [9.17, 15) is 9.59 Å². The lowest BCUT2D eigenvalue weighted by molar-refractivity contribution is -0.117. The third-order valence-electron chi connectivity index (χ3n) is 4.60. The maximum absolute atomic E-state index is 12.3. The van der Waals surface area contributed by atoms with Gasteiger partial charge in [0.1, 0.15) is 5.75 Å². The molecule has 1 aromatic heterocycles. The van der Waals surface area contributed by atoms with Gasteiger partial charge in [0.25, 0.3) is 11.9 Å². The molecule has 2 N–H and O–H groups in total. The third-order valence-corrected chi connectivity index (χ3v) is 4.85. The summed E-state index contributed by atoms with van der Waals surface area (Å²) in [4.78, 5) is 28.6. The predicted molar refractivity (Wildman–Crippen MR) is 114 cm³/mol. The number of aromatic nitrogens is 3. The maximum Gasteiger partial charge on any atom is 0.250 e. The Bertz CT molecular complexity index is 1120. The second-order valence-electron chi connectivity index (χ2n) is 6.59. The maximum atomic E-state index is 12.3. The fourth-order valence-corrected chi connectivity index (χ4v) is 3.31. The van der Waals surface area contributed by atoms with Gasteiger partial charge in [0.05, 0.1) is 19.6 Å². The minimum Gasteiger partial charge on any atom is -0.496 e. The van der Waals surface area contributed by atoms with E-state index in [1.807, 2.05) is 36.4 Å². The van der Waals surface area contributed by atoms with Crippen molar-refractivity contribution in [3.8, 4) is 5.75 Å². The minimum absolute atomic E-state index is 0.0980. The molecule has 8 nitrogen and oxygen atoms in total. The van der Waals surface area contributed by atoms with E-state index in [4.69, 9.17) is 16.3 Å². The van der Waals surface area contributed by atoms with Gasteiger partial charge in [-0.1, -0.05) is 41.9 Å². The number of anilines is 2. The lowest BCUT2D eigenvalue weighted by atomic mass is 10.0. The van der Waals surface area contributed by atoms with Crippen LogP contribution in [-0.2, 0) is 9.59 Å². The first-order valence-electron chi connectivity index (χ1n) is 9.17. The molecule has 4 rings (SSSR count). The van der Waals surface area contributed by atoms with Crippen molar-refractivity contribution in [3.05, 3.63) is 70.8 Å². The molecular weight excluding hydrogens is 406 g/mol. The molecule has 2 aromatic carbocycles. The third kappa shape index (κ3) is 4.18. The quantitative estimate of drug-likeness (QED) is 0.612. The van der Waals surface area contributed by atoms with Crippen LogP contribution in [0.25, 0.3) is 6.08 Å². The van der Waals surface area contributed by atoms with Crippen molar-refractivity contribution < 1.29 is 14.3 Å². The van der Waals surface area contributed by atoms with Gasteiger partial charge in [-0.05, 0) is 29.8 Å². The lowest BCUT2D eigenvalue weighted by Crippen LogP contribution is -2.29. The van der Waals surface area contributed by atoms with E-state index in [2.05, 4.69) is 20.7 Å². The average molecular weight is 424 g/mol. The zero-order valence-electron chi connectivity index (χ0n) is 16.0. The summed E-state index contributed by atoms with van der Waals surface area (Å²) in [5.41, 5.74) is 1.64. The second-order valence-corrected chi connectivity index (χ2v) is 7.02. The van der Waals surface area contributed by atoms with Crippen molar-refractivity contribution >= 4 is 41.4 Å². The van der Waals surface area contributed by atoms with Gasteiger partial charge in [0.2, 0.25) is 11.9 Å². The number of rotatable bonds is 5. The first-order valence-corrected chi connectivity index (χ1v) is 9.55. The van der Waals surface area contributed by atoms with E-state index in [0.29, 0.717) is 10.8 Å². The standard InChI is InChI=1S/C21H18ClN5O3/c1-30-17-5-3-2-4-14(17)8-11-18(28)23-20-25-21-24-19(29)12-16(27(21)26-20)13-6-9-15(22)10-7-13/h2-11,16H,12H2,1H3,(H2,23,24,25,26,28,29)/t16-/m1/s1. The number of nitrogens with one attached hydrogen (secondary N) is 2. The number of amides is 2. The summed E-state index contributed by atoms with van der Waals surface area (Å²) >= 11 is 5.96. The van der Waals surface area contributed by atoms with E-state index in [1.54, 1.807) is 30.0 Å². The molecule has 2 heterocycles. The van der Waals surface area contributed by atoms with E-state index in [1.165, 1.54) is 6.08 Å². The van der Waals surface area contributed by atoms with Gasteiger partial charge in [-0.15, -0.1) is 5.10 Å². The molecule has 0 unspecified atom stereocenters. The van der Waals surface area contributed by atoms with Crippen LogP contribution >= 0.6 is 11.6 Å². The van der Waals surface area contributed by atoms with Crippen LogP contribution in [0.1, 0.15) is 23.6 Å². The van der Waals surface area contributed by atoms with Crippen molar-refractivity contribution in [2.24, 2.45) is 0 Å². The minimum atomic E-state index is -0.404. The smallest absolute Gasteiger partial charge is 0.250 e. The summed E-state index contributed by atoms with van der Waals surface area (Å²) < 4.78 is 6.85. The summed E-state index contributed by atoms with van der Waals surface area (Å²) in [5, 5.41) is 10.3. The van der Waals surface area contributed by atoms with Crippen LogP contribution in [0, 0.1) is 0 Å². The number of carbonyl (C=O) groups excluding carboxylic acids is 2. The van der Waals surface area contributed by atoms with Gasteiger partial charge in [0.15, 0.2) is 0 Å². The largest absolute Gasteiger partial charge is 0.496 e. The van der Waals surface area contributed by atoms with Gasteiger partial charge in [-0.2, -0.15) is 4.98 Å². The number of nitrogens with zero attached hydrogens (tertiary/aromatic N) is 3. The first-order chi connectivity index (χ1) is 14.5. The van der Waals surface area contributed by atoms with Gasteiger partial charge in [-0.3, -0.25) is 20.2 Å². The van der Waals surface area contributed by atoms with Crippen LogP contribution < -0.4 is 15.4 Å². The highest BCUT2D eigenvalue weighted by Crippen LogP contribution is 2.30. The molecule has 1 aliphatic rings. The van der Waals surface area contributed by atoms with Crippen molar-refractivity contribution in [2.45, 2.75) is 12.5 Å². The summed E-state index contributed by atoms with van der Waals surface area (Å²) in [6.07, 6.45) is 3.22. The van der Waals surface area contributed by atoms with E-state index in [-0.39, 0.29) is 30.3 Å². The van der Waals surface area contributed by atoms with E-state index >= 15 is 0 Å². The van der Waals surface area contributed by atoms with Gasteiger partial charge < -0.3 is 4.74 Å². The predicted octanol–water partition coefficient (Wildman–Crippen LogP) is 3.52. The molecule has 0 bridgehead atoms. The van der Waals surface area contributed by atoms with Gasteiger partial charge in [0, 0.05) is 16.7 Å². The molecule has 152 valence electrons. The Kier molecular flexibility index (Phi) is 5.49. The highest BCUT2D eigenvalue weighted by Gasteiger charge is 2.29. The van der Waals surface area contributed by atoms with Crippen molar-refractivity contribution in [1.29, 1.82) is 0 Å². The topological polar surface area (TPSA) is 98.1 Å². The first kappa shape index (κ1) is 19.7. The van der Waals surface area contributed by atoms with Gasteiger partial charge in [-0.25, -0.2) is 4.68 Å². The van der Waals surface area contributed by atoms with Crippen LogP contribution in [0.2, 0.25) is 5.02 Å². The zero-order valence-corrected chi connectivity index (χ0v) is 16.8. The summed E-state index contributed by atoms with van der Waals surface area (Å²) in [5.74, 6) is 0.448. The average Bonchev–Trinajstić information content (AvgIpc) is 3.14. The fraction of sp³-hybridized carbons (Fsp3) is 0.143. The number of hydrogen-bond acceptors (Lipinski definition) is 5. The summed E-state index contributed by atoms with van der Waals surface area (Å²) in [7, 11) is 1.57. The lowest BCUT2D eigenvalue weighted by Gasteiger charge is -2.23. The number of ether oxygens (including phenoxy) is 1. The van der Waals surface area contributed by atoms with E-state index < -0.39 is 5.91 Å². The highest BCUT2D eigenvalue weighted by atomic mass is 35.5. The number of para-hydroxylation sites is 1. The molecule has 0 aliphatic carbocycles. The molecule has 1 aliphatic heterocycles. The van der Waals surface area contributed by atoms with Gasteiger partial charge >= 0.3 is 0 Å². The molecule has 0 saturated carbocycles. The number of fused-ring (bicyclic) bond motifs is 1. The molecule has 30 heavy (non-hydrogen) atoms. The van der Waals surface area contributed by atoms with Crippen LogP contribution in [0.5, 0.6) is 5.75 Å². The monoisotopic (exact) mass is 423 g/mol. The SMILES string of the molecule is COc1ccccc1C=CC(=O)Nc1nc2n(n1)[C@@H](c1ccc(Cl)cc1)CC(=O)N2. The number of methoxy groups -OCH3 is 1. The highest BCUT2D eigenvalue weighted by molar-refractivity contribution is 6.30. The van der Waals surface area contributed by atoms with Crippen LogP contribution in [0.15, 0.2) is 54.6 Å². The number of halogens is 1. The molecule has 0 saturated heterocycles. The molecular formula is C21H18ClN5O3. The Labute approximate surface area is 177 Å². The molecule has 3 aromatic rings. The van der Waals surface area contributed by atoms with E-state index in [0.717, 1.165) is 11.1 Å². The second kappa shape index (κ2) is 8.38. The molecule has 0 fully saturated rings. The van der Waals surface area contributed by atoms with Crippen LogP contribution in [-0.4, -0.2) is 33.7 Å². The zero-order chi connectivity index (χ0) is 21.1. The number of hydrogen-bond donors (Lipinski definition) is 2. The molecule has 0 spiro atoms. The normalized spacial score (nSPS) is 15.5. The molecule has 1 atom stereocenters. The Morgan fingerprint density at radius 3 is 2.80 bits per heavy atom. The van der Waals surface area contributed by atoms with Crippen molar-refractivity contribution in [1.82, 2.24) is 14.8 Å². The Morgan fingerprint density at radius 1 is 1.27 bits per heavy atom. The number of carbonyl (C=O) groups is 2. The Balaban J connectivity index is 1.53. The molecule has 0 radical (unpaired) electrons. The Morgan fingerprint density at radius 2 is 2.03 bits per heavy atom. The Hall–Kier alpha value is -3.65. The summed E-state index contributed by atoms with van der Waals surface area (Å²) in [6, 6.07) is 14.2.